The quantitative estimate of drug-likeness (QED) is 0.804. The molecular formula is C13H17F2NO3. The zero-order valence-corrected chi connectivity index (χ0v) is 11.1. The van der Waals surface area contributed by atoms with Crippen LogP contribution in [0.3, 0.4) is 0 Å². The summed E-state index contributed by atoms with van der Waals surface area (Å²) in [4.78, 5) is 11.6. The van der Waals surface area contributed by atoms with Crippen LogP contribution in [-0.2, 0) is 9.53 Å². The number of esters is 1. The first-order valence-electron chi connectivity index (χ1n) is 5.78. The Morgan fingerprint density at radius 2 is 2.11 bits per heavy atom. The van der Waals surface area contributed by atoms with Crippen molar-refractivity contribution in [2.24, 2.45) is 0 Å². The Morgan fingerprint density at radius 1 is 1.42 bits per heavy atom. The summed E-state index contributed by atoms with van der Waals surface area (Å²) < 4.78 is 35.9. The van der Waals surface area contributed by atoms with E-state index in [4.69, 9.17) is 4.74 Å². The molecule has 0 aliphatic carbocycles. The summed E-state index contributed by atoms with van der Waals surface area (Å²) in [5, 5.41) is 2.83. The van der Waals surface area contributed by atoms with Crippen LogP contribution in [0.5, 0.6) is 5.75 Å². The van der Waals surface area contributed by atoms with Crippen molar-refractivity contribution in [2.75, 3.05) is 20.8 Å². The SMILES string of the molecule is CNC(C)(CCOc1ccc(F)cc1F)C(=O)OC. The Morgan fingerprint density at radius 3 is 2.63 bits per heavy atom. The average Bonchev–Trinajstić information content (AvgIpc) is 2.40. The lowest BCUT2D eigenvalue weighted by atomic mass is 9.99. The molecule has 0 spiro atoms. The van der Waals surface area contributed by atoms with E-state index in [2.05, 4.69) is 10.1 Å². The van der Waals surface area contributed by atoms with Gasteiger partial charge in [-0.2, -0.15) is 0 Å². The fourth-order valence-electron chi connectivity index (χ4n) is 1.51. The number of halogens is 2. The highest BCUT2D eigenvalue weighted by atomic mass is 19.1. The molecule has 1 N–H and O–H groups in total. The summed E-state index contributed by atoms with van der Waals surface area (Å²) in [6.45, 7) is 1.75. The van der Waals surface area contributed by atoms with Gasteiger partial charge in [-0.15, -0.1) is 0 Å². The molecule has 0 amide bonds. The second kappa shape index (κ2) is 6.47. The van der Waals surface area contributed by atoms with Gasteiger partial charge >= 0.3 is 5.97 Å². The molecule has 1 unspecified atom stereocenters. The second-order valence-corrected chi connectivity index (χ2v) is 4.25. The third-order valence-electron chi connectivity index (χ3n) is 2.94. The number of ether oxygens (including phenoxy) is 2. The molecule has 19 heavy (non-hydrogen) atoms. The number of likely N-dealkylation sites (N-methyl/N-ethyl adjacent to an activating group) is 1. The van der Waals surface area contributed by atoms with Crippen LogP contribution < -0.4 is 10.1 Å². The van der Waals surface area contributed by atoms with Crippen molar-refractivity contribution in [3.8, 4) is 5.75 Å². The average molecular weight is 273 g/mol. The number of carbonyl (C=O) groups excluding carboxylic acids is 1. The molecule has 0 aliphatic heterocycles. The Hall–Kier alpha value is -1.69. The predicted octanol–water partition coefficient (Wildman–Crippen LogP) is 1.88. The fraction of sp³-hybridized carbons (Fsp3) is 0.462. The second-order valence-electron chi connectivity index (χ2n) is 4.25. The van der Waals surface area contributed by atoms with Crippen molar-refractivity contribution in [3.63, 3.8) is 0 Å². The normalized spacial score (nSPS) is 13.7. The number of carbonyl (C=O) groups is 1. The molecule has 1 rings (SSSR count). The summed E-state index contributed by atoms with van der Waals surface area (Å²) in [5.41, 5.74) is -0.911. The van der Waals surface area contributed by atoms with Gasteiger partial charge in [-0.1, -0.05) is 0 Å². The minimum Gasteiger partial charge on any atom is -0.490 e. The molecule has 1 atom stereocenters. The van der Waals surface area contributed by atoms with Gasteiger partial charge in [-0.3, -0.25) is 4.79 Å². The minimum atomic E-state index is -0.911. The van der Waals surface area contributed by atoms with Crippen molar-refractivity contribution in [3.05, 3.63) is 29.8 Å². The van der Waals surface area contributed by atoms with Gasteiger partial charge in [0.2, 0.25) is 0 Å². The summed E-state index contributed by atoms with van der Waals surface area (Å²) in [6, 6.07) is 3.06. The van der Waals surface area contributed by atoms with Crippen LogP contribution in [0.1, 0.15) is 13.3 Å². The van der Waals surface area contributed by atoms with Crippen LogP contribution in [0.4, 0.5) is 8.78 Å². The van der Waals surface area contributed by atoms with Crippen LogP contribution in [0.25, 0.3) is 0 Å². The van der Waals surface area contributed by atoms with Crippen LogP contribution in [0.15, 0.2) is 18.2 Å². The monoisotopic (exact) mass is 273 g/mol. The van der Waals surface area contributed by atoms with Gasteiger partial charge in [0, 0.05) is 12.5 Å². The van der Waals surface area contributed by atoms with Gasteiger partial charge < -0.3 is 14.8 Å². The molecule has 0 aliphatic rings. The fourth-order valence-corrected chi connectivity index (χ4v) is 1.51. The predicted molar refractivity (Wildman–Crippen MR) is 66.0 cm³/mol. The summed E-state index contributed by atoms with van der Waals surface area (Å²) in [5.74, 6) is -1.92. The molecule has 0 heterocycles. The highest BCUT2D eigenvalue weighted by molar-refractivity contribution is 5.80. The van der Waals surface area contributed by atoms with E-state index < -0.39 is 23.1 Å². The standard InChI is InChI=1S/C13H17F2NO3/c1-13(16-2,12(17)18-3)6-7-19-11-5-4-9(14)8-10(11)15/h4-5,8,16H,6-7H2,1-3H3. The van der Waals surface area contributed by atoms with Gasteiger partial charge in [-0.25, -0.2) is 8.78 Å². The lowest BCUT2D eigenvalue weighted by molar-refractivity contribution is -0.148. The number of methoxy groups -OCH3 is 1. The van der Waals surface area contributed by atoms with E-state index >= 15 is 0 Å². The molecular weight excluding hydrogens is 256 g/mol. The molecule has 0 saturated heterocycles. The number of nitrogens with one attached hydrogen (secondary N) is 1. The number of hydrogen-bond donors (Lipinski definition) is 1. The summed E-state index contributed by atoms with van der Waals surface area (Å²) in [6.07, 6.45) is 0.285. The summed E-state index contributed by atoms with van der Waals surface area (Å²) in [7, 11) is 2.91. The molecule has 0 bridgehead atoms. The van der Waals surface area contributed by atoms with Gasteiger partial charge in [-0.05, 0) is 26.1 Å². The van der Waals surface area contributed by atoms with Crippen LogP contribution >= 0.6 is 0 Å². The lowest BCUT2D eigenvalue weighted by Crippen LogP contribution is -2.49. The molecule has 106 valence electrons. The van der Waals surface area contributed by atoms with Crippen LogP contribution in [0.2, 0.25) is 0 Å². The van der Waals surface area contributed by atoms with E-state index in [1.165, 1.54) is 13.2 Å². The Labute approximate surface area is 110 Å². The van der Waals surface area contributed by atoms with E-state index in [9.17, 15) is 13.6 Å². The first-order chi connectivity index (χ1) is 8.92. The number of hydrogen-bond acceptors (Lipinski definition) is 4. The molecule has 0 fully saturated rings. The Kier molecular flexibility index (Phi) is 5.23. The van der Waals surface area contributed by atoms with Gasteiger partial charge in [0.05, 0.1) is 13.7 Å². The minimum absolute atomic E-state index is 0.0512. The van der Waals surface area contributed by atoms with E-state index in [-0.39, 0.29) is 18.8 Å². The maximum atomic E-state index is 13.3. The third kappa shape index (κ3) is 3.89. The third-order valence-corrected chi connectivity index (χ3v) is 2.94. The van der Waals surface area contributed by atoms with Gasteiger partial charge in [0.15, 0.2) is 11.6 Å². The highest BCUT2D eigenvalue weighted by Crippen LogP contribution is 2.19. The summed E-state index contributed by atoms with van der Waals surface area (Å²) >= 11 is 0. The van der Waals surface area contributed by atoms with Crippen molar-refractivity contribution in [1.29, 1.82) is 0 Å². The maximum absolute atomic E-state index is 13.3. The number of benzene rings is 1. The molecule has 1 aromatic rings. The molecule has 0 saturated carbocycles. The molecule has 0 aromatic heterocycles. The van der Waals surface area contributed by atoms with E-state index in [0.29, 0.717) is 0 Å². The van der Waals surface area contributed by atoms with Gasteiger partial charge in [0.1, 0.15) is 11.4 Å². The first-order valence-corrected chi connectivity index (χ1v) is 5.78. The van der Waals surface area contributed by atoms with Crippen molar-refractivity contribution >= 4 is 5.97 Å². The van der Waals surface area contributed by atoms with Gasteiger partial charge in [0.25, 0.3) is 0 Å². The van der Waals surface area contributed by atoms with Crippen molar-refractivity contribution in [1.82, 2.24) is 5.32 Å². The van der Waals surface area contributed by atoms with Crippen molar-refractivity contribution in [2.45, 2.75) is 18.9 Å². The zero-order chi connectivity index (χ0) is 14.5. The maximum Gasteiger partial charge on any atom is 0.325 e. The lowest BCUT2D eigenvalue weighted by Gasteiger charge is -2.25. The smallest absolute Gasteiger partial charge is 0.325 e. The Bertz CT molecular complexity index is 454. The van der Waals surface area contributed by atoms with E-state index in [1.54, 1.807) is 14.0 Å². The number of rotatable bonds is 6. The molecule has 6 heteroatoms. The zero-order valence-electron chi connectivity index (χ0n) is 11.1. The highest BCUT2D eigenvalue weighted by Gasteiger charge is 2.32. The topological polar surface area (TPSA) is 47.6 Å². The van der Waals surface area contributed by atoms with Crippen molar-refractivity contribution < 1.29 is 23.0 Å². The molecule has 4 nitrogen and oxygen atoms in total. The first kappa shape index (κ1) is 15.4. The molecule has 1 aromatic carbocycles. The van der Waals surface area contributed by atoms with E-state index in [0.717, 1.165) is 12.1 Å². The van der Waals surface area contributed by atoms with Crippen LogP contribution in [-0.4, -0.2) is 32.3 Å². The Balaban J connectivity index is 2.60. The van der Waals surface area contributed by atoms with E-state index in [1.807, 2.05) is 0 Å². The largest absolute Gasteiger partial charge is 0.490 e. The molecule has 0 radical (unpaired) electrons. The van der Waals surface area contributed by atoms with Crippen LogP contribution in [0, 0.1) is 11.6 Å².